The van der Waals surface area contributed by atoms with Crippen molar-refractivity contribution in [3.63, 3.8) is 0 Å². The lowest BCUT2D eigenvalue weighted by Gasteiger charge is -2.19. The maximum Gasteiger partial charge on any atom is 0.339 e. The summed E-state index contributed by atoms with van der Waals surface area (Å²) < 4.78 is 16.6. The van der Waals surface area contributed by atoms with E-state index in [0.717, 1.165) is 0 Å². The summed E-state index contributed by atoms with van der Waals surface area (Å²) in [5, 5.41) is 9.90. The van der Waals surface area contributed by atoms with Crippen molar-refractivity contribution in [2.75, 3.05) is 20.3 Å². The monoisotopic (exact) mass is 344 g/mol. The number of esters is 1. The lowest BCUT2D eigenvalue weighted by Crippen LogP contribution is -2.26. The van der Waals surface area contributed by atoms with Gasteiger partial charge in [-0.2, -0.15) is 0 Å². The highest BCUT2D eigenvalue weighted by Gasteiger charge is 2.28. The summed E-state index contributed by atoms with van der Waals surface area (Å²) >= 11 is 3.38. The zero-order valence-corrected chi connectivity index (χ0v) is 13.2. The van der Waals surface area contributed by atoms with Crippen molar-refractivity contribution in [3.8, 4) is 11.5 Å². The third-order valence-electron chi connectivity index (χ3n) is 3.00. The van der Waals surface area contributed by atoms with Gasteiger partial charge in [0, 0.05) is 5.41 Å². The van der Waals surface area contributed by atoms with Crippen LogP contribution in [0.4, 0.5) is 0 Å². The molecular weight excluding hydrogens is 328 g/mol. The normalized spacial score (nSPS) is 18.1. The minimum absolute atomic E-state index is 0.112. The zero-order chi connectivity index (χ0) is 14.9. The van der Waals surface area contributed by atoms with Crippen molar-refractivity contribution < 1.29 is 24.1 Å². The summed E-state index contributed by atoms with van der Waals surface area (Å²) in [5.41, 5.74) is 0.283. The van der Waals surface area contributed by atoms with Crippen LogP contribution in [0.2, 0.25) is 0 Å². The molecule has 0 aromatic heterocycles. The average molecular weight is 345 g/mol. The van der Waals surface area contributed by atoms with Crippen molar-refractivity contribution in [2.45, 2.75) is 20.0 Å². The lowest BCUT2D eigenvalue weighted by molar-refractivity contribution is -0.150. The second kappa shape index (κ2) is 5.61. The molecule has 0 aliphatic carbocycles. The van der Waals surface area contributed by atoms with Gasteiger partial charge in [0.05, 0.1) is 24.8 Å². The van der Waals surface area contributed by atoms with Gasteiger partial charge < -0.3 is 19.3 Å². The Hall–Kier alpha value is -1.27. The molecule has 0 bridgehead atoms. The molecule has 1 aromatic carbocycles. The lowest BCUT2D eigenvalue weighted by atomic mass is 9.97. The first-order valence-corrected chi connectivity index (χ1v) is 6.98. The fourth-order valence-electron chi connectivity index (χ4n) is 1.82. The molecule has 1 unspecified atom stereocenters. The van der Waals surface area contributed by atoms with E-state index in [0.29, 0.717) is 34.7 Å². The maximum atomic E-state index is 11.4. The topological polar surface area (TPSA) is 65.0 Å². The van der Waals surface area contributed by atoms with E-state index >= 15 is 0 Å². The van der Waals surface area contributed by atoms with Crippen LogP contribution in [0.1, 0.15) is 25.5 Å². The smallest absolute Gasteiger partial charge is 0.339 e. The quantitative estimate of drug-likeness (QED) is 0.835. The fourth-order valence-corrected chi connectivity index (χ4v) is 2.40. The Kier molecular flexibility index (Phi) is 4.25. The molecule has 1 heterocycles. The van der Waals surface area contributed by atoms with E-state index in [4.69, 9.17) is 9.47 Å². The maximum absolute atomic E-state index is 11.4. The molecule has 110 valence electrons. The number of ether oxygens (including phenoxy) is 3. The van der Waals surface area contributed by atoms with Crippen LogP contribution in [0.3, 0.4) is 0 Å². The predicted octanol–water partition coefficient (Wildman–Crippen LogP) is 2.45. The Labute approximate surface area is 126 Å². The molecule has 0 saturated heterocycles. The van der Waals surface area contributed by atoms with Gasteiger partial charge in [-0.25, -0.2) is 4.79 Å². The van der Waals surface area contributed by atoms with Gasteiger partial charge in [0.2, 0.25) is 0 Å². The van der Waals surface area contributed by atoms with Crippen molar-refractivity contribution in [1.29, 1.82) is 0 Å². The van der Waals surface area contributed by atoms with Gasteiger partial charge in [0.1, 0.15) is 0 Å². The summed E-state index contributed by atoms with van der Waals surface area (Å²) in [6.45, 7) is 5.09. The van der Waals surface area contributed by atoms with Gasteiger partial charge >= 0.3 is 5.97 Å². The highest BCUT2D eigenvalue weighted by molar-refractivity contribution is 9.10. The van der Waals surface area contributed by atoms with Crippen molar-refractivity contribution in [2.24, 2.45) is 5.41 Å². The Bertz CT molecular complexity index is 527. The van der Waals surface area contributed by atoms with Crippen LogP contribution in [-0.2, 0) is 9.53 Å². The van der Waals surface area contributed by atoms with Crippen molar-refractivity contribution >= 4 is 21.9 Å². The van der Waals surface area contributed by atoms with E-state index in [-0.39, 0.29) is 5.41 Å². The van der Waals surface area contributed by atoms with Gasteiger partial charge in [-0.3, -0.25) is 0 Å². The van der Waals surface area contributed by atoms with Crippen LogP contribution >= 0.6 is 15.9 Å². The number of hydrogen-bond acceptors (Lipinski definition) is 5. The first-order chi connectivity index (χ1) is 9.34. The van der Waals surface area contributed by atoms with E-state index < -0.39 is 12.1 Å². The molecule has 20 heavy (non-hydrogen) atoms. The van der Waals surface area contributed by atoms with Gasteiger partial charge in [-0.1, -0.05) is 13.8 Å². The zero-order valence-electron chi connectivity index (χ0n) is 11.6. The van der Waals surface area contributed by atoms with Crippen molar-refractivity contribution in [3.05, 3.63) is 22.2 Å². The van der Waals surface area contributed by atoms with E-state index in [1.807, 2.05) is 13.8 Å². The molecule has 6 heteroatoms. The number of benzene rings is 1. The molecule has 0 radical (unpaired) electrons. The van der Waals surface area contributed by atoms with Crippen LogP contribution in [0.15, 0.2) is 16.6 Å². The molecular formula is C14H17BrO5. The molecule has 5 nitrogen and oxygen atoms in total. The second-order valence-electron chi connectivity index (χ2n) is 5.50. The summed E-state index contributed by atoms with van der Waals surface area (Å²) in [6, 6.07) is 3.23. The number of carbonyl (C=O) groups excluding carboxylic acids is 1. The third-order valence-corrected chi connectivity index (χ3v) is 3.59. The summed E-state index contributed by atoms with van der Waals surface area (Å²) in [5.74, 6) is 0.367. The second-order valence-corrected chi connectivity index (χ2v) is 6.35. The molecule has 1 aromatic rings. The van der Waals surface area contributed by atoms with Crippen molar-refractivity contribution in [1.82, 2.24) is 0 Å². The number of fused-ring (bicyclic) bond motifs is 1. The summed E-state index contributed by atoms with van der Waals surface area (Å²) in [6.07, 6.45) is -1.35. The Morgan fingerprint density at radius 3 is 2.70 bits per heavy atom. The Balaban J connectivity index is 2.36. The molecule has 1 atom stereocenters. The van der Waals surface area contributed by atoms with E-state index in [2.05, 4.69) is 20.7 Å². The third kappa shape index (κ3) is 3.07. The first-order valence-electron chi connectivity index (χ1n) is 6.19. The Morgan fingerprint density at radius 1 is 1.40 bits per heavy atom. The SMILES string of the molecule is COC(=O)C(O)c1cc(Br)c2c(c1)OCC(C)(C)CO2. The molecule has 1 aliphatic rings. The number of aliphatic hydroxyl groups excluding tert-OH is 1. The minimum Gasteiger partial charge on any atom is -0.489 e. The number of halogens is 1. The van der Waals surface area contributed by atoms with Gasteiger partial charge in [-0.05, 0) is 33.6 Å². The highest BCUT2D eigenvalue weighted by Crippen LogP contribution is 2.41. The number of carbonyl (C=O) groups is 1. The number of rotatable bonds is 2. The Morgan fingerprint density at radius 2 is 2.05 bits per heavy atom. The van der Waals surface area contributed by atoms with Crippen LogP contribution in [0.25, 0.3) is 0 Å². The first kappa shape index (κ1) is 15.1. The molecule has 2 rings (SSSR count). The van der Waals surface area contributed by atoms with Gasteiger partial charge in [0.15, 0.2) is 17.6 Å². The van der Waals surface area contributed by atoms with Crippen LogP contribution < -0.4 is 9.47 Å². The summed E-state index contributed by atoms with van der Waals surface area (Å²) in [7, 11) is 1.23. The number of hydrogen-bond donors (Lipinski definition) is 1. The molecule has 1 aliphatic heterocycles. The minimum atomic E-state index is -1.35. The van der Waals surface area contributed by atoms with Crippen LogP contribution in [0, 0.1) is 5.41 Å². The molecule has 0 spiro atoms. The molecule has 0 saturated carbocycles. The summed E-state index contributed by atoms with van der Waals surface area (Å²) in [4.78, 5) is 11.4. The highest BCUT2D eigenvalue weighted by atomic mass is 79.9. The molecule has 1 N–H and O–H groups in total. The van der Waals surface area contributed by atoms with E-state index in [1.165, 1.54) is 7.11 Å². The predicted molar refractivity (Wildman–Crippen MR) is 75.9 cm³/mol. The standard InChI is InChI=1S/C14H17BrO5/c1-14(2)6-19-10-5-8(11(16)13(17)18-3)4-9(15)12(10)20-7-14/h4-5,11,16H,6-7H2,1-3H3. The van der Waals surface area contributed by atoms with Crippen LogP contribution in [0.5, 0.6) is 11.5 Å². The molecule has 0 amide bonds. The van der Waals surface area contributed by atoms with Gasteiger partial charge in [-0.15, -0.1) is 0 Å². The van der Waals surface area contributed by atoms with E-state index in [1.54, 1.807) is 12.1 Å². The van der Waals surface area contributed by atoms with E-state index in [9.17, 15) is 9.90 Å². The van der Waals surface area contributed by atoms with Crippen LogP contribution in [-0.4, -0.2) is 31.4 Å². The average Bonchev–Trinajstić information content (AvgIpc) is 2.56. The number of aliphatic hydroxyl groups is 1. The number of methoxy groups -OCH3 is 1. The largest absolute Gasteiger partial charge is 0.489 e. The molecule has 0 fully saturated rings. The fraction of sp³-hybridized carbons (Fsp3) is 0.500. The van der Waals surface area contributed by atoms with Gasteiger partial charge in [0.25, 0.3) is 0 Å².